The van der Waals surface area contributed by atoms with Gasteiger partial charge in [0.15, 0.2) is 5.88 Å². The van der Waals surface area contributed by atoms with Crippen LogP contribution in [0.1, 0.15) is 34.0 Å². The first-order chi connectivity index (χ1) is 19.0. The zero-order valence-electron chi connectivity index (χ0n) is 22.6. The number of nitrogens with zero attached hydrogens (tertiary/aromatic N) is 2. The largest absolute Gasteiger partial charge is 0.494 e. The van der Waals surface area contributed by atoms with Gasteiger partial charge >= 0.3 is 5.97 Å². The van der Waals surface area contributed by atoms with E-state index in [9.17, 15) is 9.90 Å². The van der Waals surface area contributed by atoms with Crippen molar-refractivity contribution in [2.45, 2.75) is 13.5 Å². The maximum atomic E-state index is 12.2. The second-order valence-corrected chi connectivity index (χ2v) is 9.17. The number of likely N-dealkylation sites (N-methyl/N-ethyl adjacent to an activating group) is 1. The molecule has 8 nitrogen and oxygen atoms in total. The van der Waals surface area contributed by atoms with Gasteiger partial charge in [0.1, 0.15) is 0 Å². The highest BCUT2D eigenvalue weighted by Gasteiger charge is 2.20. The number of aromatic hydroxyl groups is 1. The van der Waals surface area contributed by atoms with Crippen molar-refractivity contribution in [2.24, 2.45) is 4.99 Å². The smallest absolute Gasteiger partial charge is 0.338 e. The minimum absolute atomic E-state index is 0.0143. The number of H-pyrrole nitrogens is 1. The van der Waals surface area contributed by atoms with E-state index >= 15 is 0 Å². The van der Waals surface area contributed by atoms with E-state index in [-0.39, 0.29) is 5.88 Å². The van der Waals surface area contributed by atoms with Crippen molar-refractivity contribution < 1.29 is 24.1 Å². The van der Waals surface area contributed by atoms with E-state index in [1.165, 1.54) is 0 Å². The molecule has 4 rings (SSSR count). The Morgan fingerprint density at radius 2 is 1.74 bits per heavy atom. The molecule has 1 heterocycles. The second kappa shape index (κ2) is 13.7. The molecule has 8 heteroatoms. The van der Waals surface area contributed by atoms with Crippen molar-refractivity contribution in [1.82, 2.24) is 9.88 Å². The Hall–Kier alpha value is -3.98. The highest BCUT2D eigenvalue weighted by Crippen LogP contribution is 2.32. The van der Waals surface area contributed by atoms with Crippen molar-refractivity contribution in [3.63, 3.8) is 0 Å². The average molecular weight is 530 g/mol. The fourth-order valence-corrected chi connectivity index (χ4v) is 4.29. The fraction of sp³-hybridized carbons (Fsp3) is 0.290. The predicted molar refractivity (Wildman–Crippen MR) is 153 cm³/mol. The average Bonchev–Trinajstić information content (AvgIpc) is 3.27. The van der Waals surface area contributed by atoms with Crippen molar-refractivity contribution >= 4 is 28.3 Å². The lowest BCUT2D eigenvalue weighted by molar-refractivity contribution is 0.0526. The Morgan fingerprint density at radius 3 is 2.46 bits per heavy atom. The Labute approximate surface area is 228 Å². The quantitative estimate of drug-likeness (QED) is 0.138. The number of ether oxygens (including phenoxy) is 3. The summed E-state index contributed by atoms with van der Waals surface area (Å²) in [5.41, 5.74) is 5.03. The second-order valence-electron chi connectivity index (χ2n) is 9.17. The third-order valence-electron chi connectivity index (χ3n) is 6.25. The van der Waals surface area contributed by atoms with E-state index < -0.39 is 5.97 Å². The number of hydrogen-bond donors (Lipinski definition) is 2. The third-order valence-corrected chi connectivity index (χ3v) is 6.25. The molecule has 39 heavy (non-hydrogen) atoms. The molecule has 0 spiro atoms. The molecule has 4 aromatic rings. The number of benzene rings is 3. The van der Waals surface area contributed by atoms with E-state index in [1.54, 1.807) is 26.2 Å². The minimum Gasteiger partial charge on any atom is -0.494 e. The van der Waals surface area contributed by atoms with Crippen LogP contribution in [0.15, 0.2) is 77.8 Å². The van der Waals surface area contributed by atoms with Crippen molar-refractivity contribution in [2.75, 3.05) is 47.1 Å². The van der Waals surface area contributed by atoms with Crippen LogP contribution in [0, 0.1) is 0 Å². The number of esters is 1. The topological polar surface area (TPSA) is 96.4 Å². The zero-order chi connectivity index (χ0) is 27.6. The number of aliphatic imine (C=N–C) groups is 1. The van der Waals surface area contributed by atoms with Gasteiger partial charge in [0, 0.05) is 36.7 Å². The minimum atomic E-state index is -0.406. The number of aromatic amines is 1. The molecule has 0 aliphatic carbocycles. The summed E-state index contributed by atoms with van der Waals surface area (Å²) < 4.78 is 15.7. The van der Waals surface area contributed by atoms with Gasteiger partial charge in [0.2, 0.25) is 0 Å². The first-order valence-electron chi connectivity index (χ1n) is 13.0. The summed E-state index contributed by atoms with van der Waals surface area (Å²) in [7, 11) is 3.73. The Balaban J connectivity index is 1.60. The number of methoxy groups -OCH3 is 1. The van der Waals surface area contributed by atoms with Gasteiger partial charge in [0.25, 0.3) is 0 Å². The summed E-state index contributed by atoms with van der Waals surface area (Å²) in [6.07, 6.45) is 0. The molecule has 0 amide bonds. The lowest BCUT2D eigenvalue weighted by Crippen LogP contribution is -2.23. The van der Waals surface area contributed by atoms with E-state index in [1.807, 2.05) is 48.5 Å². The number of carbonyl (C=O) groups excluding carboxylic acids is 1. The molecular formula is C31H35N3O5. The van der Waals surface area contributed by atoms with Crippen molar-refractivity contribution in [3.05, 3.63) is 95.1 Å². The number of fused-ring (bicyclic) bond motifs is 1. The zero-order valence-corrected chi connectivity index (χ0v) is 22.6. The van der Waals surface area contributed by atoms with Crippen LogP contribution < -0.4 is 0 Å². The Bertz CT molecular complexity index is 1400. The number of hydrogen-bond acceptors (Lipinski definition) is 7. The fourth-order valence-electron chi connectivity index (χ4n) is 4.29. The van der Waals surface area contributed by atoms with E-state index in [4.69, 9.17) is 19.2 Å². The van der Waals surface area contributed by atoms with Gasteiger partial charge in [0.05, 0.1) is 49.0 Å². The monoisotopic (exact) mass is 529 g/mol. The van der Waals surface area contributed by atoms with Crippen molar-refractivity contribution in [1.29, 1.82) is 0 Å². The molecule has 0 radical (unpaired) electrons. The number of rotatable bonds is 13. The third kappa shape index (κ3) is 7.32. The highest BCUT2D eigenvalue weighted by atomic mass is 16.5. The van der Waals surface area contributed by atoms with Crippen LogP contribution in [0.5, 0.6) is 5.88 Å². The maximum Gasteiger partial charge on any atom is 0.338 e. The van der Waals surface area contributed by atoms with Gasteiger partial charge in [-0.15, -0.1) is 0 Å². The standard InChI is InChI=1S/C31H35N3O5/c1-4-39-31(36)24-12-15-26-27(20-24)33-30(35)28(26)29(23-8-6-5-7-9-23)32-25-13-10-22(11-14-25)21-34(2)16-17-38-19-18-37-3/h5-15,20,33,35H,4,16-19,21H2,1-3H3. The molecule has 2 N–H and O–H groups in total. The molecule has 1 aromatic heterocycles. The van der Waals surface area contributed by atoms with Crippen LogP contribution in [0.2, 0.25) is 0 Å². The number of aromatic nitrogens is 1. The molecule has 0 aliphatic rings. The van der Waals surface area contributed by atoms with Crippen LogP contribution >= 0.6 is 0 Å². The summed E-state index contributed by atoms with van der Waals surface area (Å²) in [6.45, 7) is 5.51. The molecule has 0 aliphatic heterocycles. The lowest BCUT2D eigenvalue weighted by atomic mass is 10.00. The molecule has 204 valence electrons. The van der Waals surface area contributed by atoms with Gasteiger partial charge in [-0.3, -0.25) is 4.90 Å². The first-order valence-corrected chi connectivity index (χ1v) is 13.0. The predicted octanol–water partition coefficient (Wildman–Crippen LogP) is 5.31. The van der Waals surface area contributed by atoms with Crippen LogP contribution in [-0.4, -0.2) is 73.8 Å². The first kappa shape index (κ1) is 28.0. The molecule has 0 unspecified atom stereocenters. The lowest BCUT2D eigenvalue weighted by Gasteiger charge is -2.16. The van der Waals surface area contributed by atoms with Crippen LogP contribution in [0.3, 0.4) is 0 Å². The Kier molecular flexibility index (Phi) is 9.85. The molecule has 0 atom stereocenters. The summed E-state index contributed by atoms with van der Waals surface area (Å²) in [6, 6.07) is 23.0. The van der Waals surface area contributed by atoms with Gasteiger partial charge in [-0.1, -0.05) is 48.5 Å². The number of carbonyl (C=O) groups is 1. The SMILES string of the molecule is CCOC(=O)c1ccc2c(C(=Nc3ccc(CN(C)CCOCCOC)cc3)c3ccccc3)c(O)[nH]c2c1. The Morgan fingerprint density at radius 1 is 0.974 bits per heavy atom. The summed E-state index contributed by atoms with van der Waals surface area (Å²) in [4.78, 5) is 22.4. The molecule has 0 bridgehead atoms. The maximum absolute atomic E-state index is 12.2. The van der Waals surface area contributed by atoms with Gasteiger partial charge in [-0.2, -0.15) is 0 Å². The molecular weight excluding hydrogens is 494 g/mol. The molecule has 0 saturated heterocycles. The normalized spacial score (nSPS) is 11.8. The van der Waals surface area contributed by atoms with Gasteiger partial charge < -0.3 is 24.3 Å². The summed E-state index contributed by atoms with van der Waals surface area (Å²) in [5.74, 6) is -0.420. The van der Waals surface area contributed by atoms with E-state index in [0.717, 1.165) is 35.3 Å². The summed E-state index contributed by atoms with van der Waals surface area (Å²) >= 11 is 0. The van der Waals surface area contributed by atoms with Crippen molar-refractivity contribution in [3.8, 4) is 5.88 Å². The van der Waals surface area contributed by atoms with E-state index in [0.29, 0.717) is 48.8 Å². The van der Waals surface area contributed by atoms with Crippen LogP contribution in [0.25, 0.3) is 10.9 Å². The van der Waals surface area contributed by atoms with E-state index in [2.05, 4.69) is 29.1 Å². The molecule has 3 aromatic carbocycles. The van der Waals surface area contributed by atoms with Crippen LogP contribution in [0.4, 0.5) is 5.69 Å². The van der Waals surface area contributed by atoms with Crippen LogP contribution in [-0.2, 0) is 20.8 Å². The summed E-state index contributed by atoms with van der Waals surface area (Å²) in [5, 5.41) is 11.7. The highest BCUT2D eigenvalue weighted by molar-refractivity contribution is 6.22. The van der Waals surface area contributed by atoms with Gasteiger partial charge in [-0.25, -0.2) is 9.79 Å². The molecule has 0 fully saturated rings. The molecule has 0 saturated carbocycles. The van der Waals surface area contributed by atoms with Gasteiger partial charge in [-0.05, 0) is 43.8 Å². The number of nitrogens with one attached hydrogen (secondary N) is 1.